The summed E-state index contributed by atoms with van der Waals surface area (Å²) in [6.07, 6.45) is 7.62. The average Bonchev–Trinajstić information content (AvgIpc) is 2.60. The maximum Gasteiger partial charge on any atom is 0.267 e. The normalized spacial score (nSPS) is 32.1. The Morgan fingerprint density at radius 1 is 1.39 bits per heavy atom. The van der Waals surface area contributed by atoms with Crippen molar-refractivity contribution in [2.24, 2.45) is 23.0 Å². The zero-order valence-electron chi connectivity index (χ0n) is 17.3. The molecule has 0 aromatic carbocycles. The van der Waals surface area contributed by atoms with Crippen LogP contribution in [0.3, 0.4) is 0 Å². The van der Waals surface area contributed by atoms with Gasteiger partial charge in [-0.15, -0.1) is 0 Å². The van der Waals surface area contributed by atoms with Crippen LogP contribution in [0.1, 0.15) is 55.1 Å². The van der Waals surface area contributed by atoms with Gasteiger partial charge in [0.1, 0.15) is 5.69 Å². The molecule has 1 aliphatic heterocycles. The second-order valence-electron chi connectivity index (χ2n) is 9.31. The number of rotatable bonds is 6. The fraction of sp³-hybridized carbons (Fsp3) is 0.727. The molecule has 2 saturated carbocycles. The summed E-state index contributed by atoms with van der Waals surface area (Å²) in [5.41, 5.74) is 6.89. The smallest absolute Gasteiger partial charge is 0.267 e. The quantitative estimate of drug-likeness (QED) is 0.812. The number of aromatic nitrogens is 1. The van der Waals surface area contributed by atoms with Crippen molar-refractivity contribution < 1.29 is 14.3 Å². The summed E-state index contributed by atoms with van der Waals surface area (Å²) in [5, 5.41) is 0. The third kappa shape index (κ3) is 3.15. The Morgan fingerprint density at radius 3 is 2.75 bits per heavy atom. The molecule has 2 aliphatic carbocycles. The van der Waals surface area contributed by atoms with Crippen LogP contribution in [-0.4, -0.2) is 55.7 Å². The van der Waals surface area contributed by atoms with Gasteiger partial charge in [-0.25, -0.2) is 0 Å². The van der Waals surface area contributed by atoms with E-state index in [4.69, 9.17) is 15.2 Å². The lowest BCUT2D eigenvalue weighted by Gasteiger charge is -2.57. The number of hydrogen-bond donors (Lipinski definition) is 1. The molecule has 1 amide bonds. The summed E-state index contributed by atoms with van der Waals surface area (Å²) >= 11 is 0. The van der Waals surface area contributed by atoms with Gasteiger partial charge in [-0.3, -0.25) is 9.78 Å². The maximum atomic E-state index is 11.7. The average molecular weight is 388 g/mol. The Kier molecular flexibility index (Phi) is 5.23. The van der Waals surface area contributed by atoms with E-state index in [0.29, 0.717) is 29.0 Å². The Labute approximate surface area is 167 Å². The minimum Gasteiger partial charge on any atom is -0.380 e. The molecule has 0 radical (unpaired) electrons. The van der Waals surface area contributed by atoms with Crippen molar-refractivity contribution in [2.75, 3.05) is 33.9 Å². The highest BCUT2D eigenvalue weighted by Crippen LogP contribution is 2.51. The molecule has 2 N–H and O–H groups in total. The van der Waals surface area contributed by atoms with E-state index in [-0.39, 0.29) is 0 Å². The van der Waals surface area contributed by atoms with Gasteiger partial charge in [-0.05, 0) is 56.3 Å². The van der Waals surface area contributed by atoms with Crippen LogP contribution in [0, 0.1) is 17.3 Å². The van der Waals surface area contributed by atoms with E-state index < -0.39 is 11.5 Å². The van der Waals surface area contributed by atoms with E-state index in [2.05, 4.69) is 23.9 Å². The van der Waals surface area contributed by atoms with E-state index >= 15 is 0 Å². The summed E-state index contributed by atoms with van der Waals surface area (Å²) in [6, 6.07) is 4.47. The Balaban J connectivity index is 1.57. The van der Waals surface area contributed by atoms with E-state index in [1.165, 1.54) is 19.3 Å². The lowest BCUT2D eigenvalue weighted by Crippen LogP contribution is -2.60. The van der Waals surface area contributed by atoms with Crippen LogP contribution in [0.15, 0.2) is 18.3 Å². The molecule has 3 unspecified atom stereocenters. The molecule has 0 bridgehead atoms. The summed E-state index contributed by atoms with van der Waals surface area (Å²) in [5.74, 6) is 0.233. The molecule has 1 aromatic rings. The molecule has 1 spiro atoms. The number of carbonyl (C=O) groups is 1. The SMILES string of the molecule is COC1(c2ccnc(C(N)=O)c2)C(C)CCCC1CN(C)C1CC2(COC2)C1. The minimum atomic E-state index is -0.493. The van der Waals surface area contributed by atoms with Crippen molar-refractivity contribution in [3.8, 4) is 0 Å². The Bertz CT molecular complexity index is 727. The van der Waals surface area contributed by atoms with Gasteiger partial charge in [-0.2, -0.15) is 0 Å². The second-order valence-corrected chi connectivity index (χ2v) is 9.31. The summed E-state index contributed by atoms with van der Waals surface area (Å²) in [6.45, 7) is 5.14. The predicted molar refractivity (Wildman–Crippen MR) is 107 cm³/mol. The highest BCUT2D eigenvalue weighted by atomic mass is 16.5. The van der Waals surface area contributed by atoms with Crippen molar-refractivity contribution in [3.63, 3.8) is 0 Å². The van der Waals surface area contributed by atoms with Crippen LogP contribution in [0.2, 0.25) is 0 Å². The van der Waals surface area contributed by atoms with Gasteiger partial charge in [0.05, 0.1) is 18.8 Å². The lowest BCUT2D eigenvalue weighted by molar-refractivity contribution is -0.188. The number of nitrogens with zero attached hydrogens (tertiary/aromatic N) is 2. The highest BCUT2D eigenvalue weighted by Gasteiger charge is 2.53. The number of hydrogen-bond acceptors (Lipinski definition) is 5. The number of primary amides is 1. The number of pyridine rings is 1. The second kappa shape index (κ2) is 7.39. The predicted octanol–water partition coefficient (Wildman–Crippen LogP) is 2.57. The molecule has 154 valence electrons. The molecule has 3 aliphatic rings. The number of methoxy groups -OCH3 is 1. The third-order valence-corrected chi connectivity index (χ3v) is 7.62. The zero-order valence-corrected chi connectivity index (χ0v) is 17.3. The van der Waals surface area contributed by atoms with E-state index in [9.17, 15) is 4.79 Å². The molecule has 4 rings (SSSR count). The maximum absolute atomic E-state index is 11.7. The molecule has 6 heteroatoms. The van der Waals surface area contributed by atoms with Crippen LogP contribution >= 0.6 is 0 Å². The van der Waals surface area contributed by atoms with Crippen LogP contribution in [0.5, 0.6) is 0 Å². The lowest BCUT2D eigenvalue weighted by atomic mass is 9.62. The third-order valence-electron chi connectivity index (χ3n) is 7.62. The first-order chi connectivity index (χ1) is 13.4. The van der Waals surface area contributed by atoms with Crippen LogP contribution in [-0.2, 0) is 15.1 Å². The van der Waals surface area contributed by atoms with E-state index in [1.807, 2.05) is 19.2 Å². The van der Waals surface area contributed by atoms with Crippen molar-refractivity contribution in [1.29, 1.82) is 0 Å². The van der Waals surface area contributed by atoms with Gasteiger partial charge in [0, 0.05) is 37.2 Å². The number of nitrogens with two attached hydrogens (primary N) is 1. The molecular formula is C22H33N3O3. The fourth-order valence-electron chi connectivity index (χ4n) is 5.92. The molecule has 28 heavy (non-hydrogen) atoms. The first-order valence-electron chi connectivity index (χ1n) is 10.5. The molecular weight excluding hydrogens is 354 g/mol. The molecule has 2 heterocycles. The van der Waals surface area contributed by atoms with Crippen LogP contribution in [0.25, 0.3) is 0 Å². The summed E-state index contributed by atoms with van der Waals surface area (Å²) in [7, 11) is 4.06. The van der Waals surface area contributed by atoms with Gasteiger partial charge in [0.2, 0.25) is 0 Å². The number of carbonyl (C=O) groups excluding carboxylic acids is 1. The first kappa shape index (κ1) is 19.8. The van der Waals surface area contributed by atoms with Crippen molar-refractivity contribution in [1.82, 2.24) is 9.88 Å². The molecule has 3 atom stereocenters. The van der Waals surface area contributed by atoms with Crippen molar-refractivity contribution in [3.05, 3.63) is 29.6 Å². The monoisotopic (exact) mass is 387 g/mol. The summed E-state index contributed by atoms with van der Waals surface area (Å²) in [4.78, 5) is 18.4. The standard InChI is InChI=1S/C22H33N3O3/c1-15-5-4-6-17(12-25(2)18-10-21(11-18)13-28-14-21)22(15,27-3)16-7-8-24-19(9-16)20(23)26/h7-9,15,17-18H,4-6,10-14H2,1-3H3,(H2,23,26). The topological polar surface area (TPSA) is 77.7 Å². The Morgan fingerprint density at radius 2 is 2.14 bits per heavy atom. The minimum absolute atomic E-state index is 0.310. The number of ether oxygens (including phenoxy) is 2. The van der Waals surface area contributed by atoms with Crippen molar-refractivity contribution in [2.45, 2.75) is 50.7 Å². The first-order valence-corrected chi connectivity index (χ1v) is 10.5. The van der Waals surface area contributed by atoms with E-state index in [1.54, 1.807) is 6.20 Å². The fourth-order valence-corrected chi connectivity index (χ4v) is 5.92. The number of amides is 1. The van der Waals surface area contributed by atoms with Gasteiger partial charge >= 0.3 is 0 Å². The van der Waals surface area contributed by atoms with Crippen LogP contribution < -0.4 is 5.73 Å². The molecule has 6 nitrogen and oxygen atoms in total. The van der Waals surface area contributed by atoms with Gasteiger partial charge < -0.3 is 20.1 Å². The van der Waals surface area contributed by atoms with Gasteiger partial charge in [-0.1, -0.05) is 13.3 Å². The molecule has 3 fully saturated rings. The largest absolute Gasteiger partial charge is 0.380 e. The zero-order chi connectivity index (χ0) is 19.9. The summed E-state index contributed by atoms with van der Waals surface area (Å²) < 4.78 is 11.7. The molecule has 1 saturated heterocycles. The highest BCUT2D eigenvalue weighted by molar-refractivity contribution is 5.90. The van der Waals surface area contributed by atoms with Gasteiger partial charge in [0.25, 0.3) is 5.91 Å². The van der Waals surface area contributed by atoms with E-state index in [0.717, 1.165) is 38.2 Å². The van der Waals surface area contributed by atoms with Gasteiger partial charge in [0.15, 0.2) is 0 Å². The molecule has 1 aromatic heterocycles. The Hall–Kier alpha value is -1.50. The van der Waals surface area contributed by atoms with Crippen molar-refractivity contribution >= 4 is 5.91 Å². The van der Waals surface area contributed by atoms with Crippen LogP contribution in [0.4, 0.5) is 0 Å².